The van der Waals surface area contributed by atoms with Crippen LogP contribution >= 0.6 is 11.8 Å². The molecule has 0 aliphatic carbocycles. The molecule has 25 heavy (non-hydrogen) atoms. The lowest BCUT2D eigenvalue weighted by Crippen LogP contribution is -2.26. The molecule has 0 saturated heterocycles. The summed E-state index contributed by atoms with van der Waals surface area (Å²) in [4.78, 5) is 36.0. The van der Waals surface area contributed by atoms with Crippen LogP contribution in [-0.2, 0) is 4.79 Å². The van der Waals surface area contributed by atoms with Crippen LogP contribution in [0.2, 0.25) is 0 Å². The molecule has 2 rings (SSSR count). The standard InChI is InChI=1S/C15H17N5O4S/c1-2-6-24-11-5-3-4-10(7-11)8-16-18-12(21)9-25-14-13(22)17-15(23)20-19-14/h3-5,7-8H,2,6,9H2,1H3,(H,18,21)(H2,17,20,22,23)/b16-8+. The van der Waals surface area contributed by atoms with Gasteiger partial charge in [-0.25, -0.2) is 15.3 Å². The average Bonchev–Trinajstić information content (AvgIpc) is 2.59. The van der Waals surface area contributed by atoms with Crippen LogP contribution in [0.25, 0.3) is 0 Å². The van der Waals surface area contributed by atoms with Gasteiger partial charge in [0.15, 0.2) is 5.03 Å². The minimum atomic E-state index is -0.700. The summed E-state index contributed by atoms with van der Waals surface area (Å²) in [5.74, 6) is 0.252. The number of aromatic nitrogens is 3. The Hall–Kier alpha value is -2.88. The van der Waals surface area contributed by atoms with Crippen molar-refractivity contribution in [3.8, 4) is 5.75 Å². The molecule has 0 aliphatic rings. The molecule has 0 spiro atoms. The van der Waals surface area contributed by atoms with E-state index < -0.39 is 17.2 Å². The van der Waals surface area contributed by atoms with E-state index in [1.807, 2.05) is 36.2 Å². The lowest BCUT2D eigenvalue weighted by Gasteiger charge is -2.04. The second-order valence-corrected chi connectivity index (χ2v) is 5.78. The average molecular weight is 363 g/mol. The molecule has 0 fully saturated rings. The first-order valence-corrected chi connectivity index (χ1v) is 8.43. The van der Waals surface area contributed by atoms with E-state index in [-0.39, 0.29) is 10.8 Å². The predicted octanol–water partition coefficient (Wildman–Crippen LogP) is 0.489. The number of H-pyrrole nitrogens is 2. The first kappa shape index (κ1) is 18.5. The second-order valence-electron chi connectivity index (χ2n) is 4.81. The third kappa shape index (κ3) is 6.26. The van der Waals surface area contributed by atoms with Gasteiger partial charge in [0.05, 0.1) is 18.6 Å². The summed E-state index contributed by atoms with van der Waals surface area (Å²) in [6.45, 7) is 2.65. The minimum Gasteiger partial charge on any atom is -0.494 e. The van der Waals surface area contributed by atoms with Crippen molar-refractivity contribution in [2.75, 3.05) is 12.4 Å². The highest BCUT2D eigenvalue weighted by molar-refractivity contribution is 7.99. The highest BCUT2D eigenvalue weighted by Gasteiger charge is 2.07. The molecule has 0 radical (unpaired) electrons. The van der Waals surface area contributed by atoms with E-state index in [2.05, 4.69) is 20.7 Å². The van der Waals surface area contributed by atoms with E-state index in [4.69, 9.17) is 4.74 Å². The number of hydrogen-bond donors (Lipinski definition) is 3. The Morgan fingerprint density at radius 1 is 1.44 bits per heavy atom. The van der Waals surface area contributed by atoms with Crippen LogP contribution in [0.4, 0.5) is 0 Å². The number of aromatic amines is 2. The molecular weight excluding hydrogens is 346 g/mol. The molecule has 1 heterocycles. The molecule has 1 aromatic heterocycles. The maximum atomic E-state index is 11.7. The lowest BCUT2D eigenvalue weighted by molar-refractivity contribution is -0.118. The Morgan fingerprint density at radius 3 is 3.04 bits per heavy atom. The van der Waals surface area contributed by atoms with Gasteiger partial charge in [-0.2, -0.15) is 10.2 Å². The van der Waals surface area contributed by atoms with E-state index in [1.165, 1.54) is 6.21 Å². The quantitative estimate of drug-likeness (QED) is 0.356. The molecule has 9 nitrogen and oxygen atoms in total. The van der Waals surface area contributed by atoms with Crippen LogP contribution in [0.15, 0.2) is 44.0 Å². The van der Waals surface area contributed by atoms with Crippen LogP contribution in [0.3, 0.4) is 0 Å². The topological polar surface area (TPSA) is 129 Å². The second kappa shape index (κ2) is 9.42. The van der Waals surface area contributed by atoms with Crippen molar-refractivity contribution < 1.29 is 9.53 Å². The summed E-state index contributed by atoms with van der Waals surface area (Å²) in [5.41, 5.74) is 1.78. The molecule has 1 amide bonds. The number of benzene rings is 1. The molecule has 0 saturated carbocycles. The zero-order valence-electron chi connectivity index (χ0n) is 13.4. The SMILES string of the molecule is CCCOc1cccc(/C=N/NC(=O)CSc2n[nH]c(=O)[nH]c2=O)c1. The third-order valence-electron chi connectivity index (χ3n) is 2.75. The minimum absolute atomic E-state index is 0.000460. The Balaban J connectivity index is 1.84. The van der Waals surface area contributed by atoms with Gasteiger partial charge < -0.3 is 4.74 Å². The van der Waals surface area contributed by atoms with Gasteiger partial charge in [-0.05, 0) is 24.1 Å². The molecule has 2 aromatic rings. The first-order chi connectivity index (χ1) is 12.1. The van der Waals surface area contributed by atoms with Gasteiger partial charge in [0.2, 0.25) is 5.91 Å². The maximum Gasteiger partial charge on any atom is 0.342 e. The summed E-state index contributed by atoms with van der Waals surface area (Å²) in [6.07, 6.45) is 2.41. The highest BCUT2D eigenvalue weighted by atomic mass is 32.2. The van der Waals surface area contributed by atoms with Crippen molar-refractivity contribution >= 4 is 23.9 Å². The normalized spacial score (nSPS) is 10.8. The Labute approximate surface area is 146 Å². The predicted molar refractivity (Wildman–Crippen MR) is 94.2 cm³/mol. The monoisotopic (exact) mass is 363 g/mol. The van der Waals surface area contributed by atoms with Gasteiger partial charge in [-0.1, -0.05) is 30.8 Å². The third-order valence-corrected chi connectivity index (χ3v) is 3.71. The van der Waals surface area contributed by atoms with Crippen molar-refractivity contribution in [2.45, 2.75) is 18.4 Å². The molecular formula is C15H17N5O4S. The number of nitrogens with one attached hydrogen (secondary N) is 3. The molecule has 1 aromatic carbocycles. The molecule has 3 N–H and O–H groups in total. The van der Waals surface area contributed by atoms with Crippen LogP contribution < -0.4 is 21.4 Å². The van der Waals surface area contributed by atoms with Gasteiger partial charge in [0.1, 0.15) is 5.75 Å². The molecule has 0 unspecified atom stereocenters. The van der Waals surface area contributed by atoms with Crippen LogP contribution in [0.5, 0.6) is 5.75 Å². The van der Waals surface area contributed by atoms with Crippen LogP contribution in [-0.4, -0.2) is 39.7 Å². The van der Waals surface area contributed by atoms with E-state index in [0.29, 0.717) is 6.61 Å². The fraction of sp³-hybridized carbons (Fsp3) is 0.267. The first-order valence-electron chi connectivity index (χ1n) is 7.45. The van der Waals surface area contributed by atoms with E-state index in [0.717, 1.165) is 29.5 Å². The summed E-state index contributed by atoms with van der Waals surface area (Å²) < 4.78 is 5.51. The van der Waals surface area contributed by atoms with Crippen molar-refractivity contribution in [3.05, 3.63) is 50.7 Å². The number of ether oxygens (including phenoxy) is 1. The number of rotatable bonds is 8. The molecule has 10 heteroatoms. The van der Waals surface area contributed by atoms with Gasteiger partial charge in [-0.15, -0.1) is 0 Å². The molecule has 0 aliphatic heterocycles. The maximum absolute atomic E-state index is 11.7. The van der Waals surface area contributed by atoms with E-state index in [9.17, 15) is 14.4 Å². The van der Waals surface area contributed by atoms with Crippen molar-refractivity contribution in [2.24, 2.45) is 5.10 Å². The van der Waals surface area contributed by atoms with Crippen LogP contribution in [0, 0.1) is 0 Å². The van der Waals surface area contributed by atoms with Crippen molar-refractivity contribution in [1.29, 1.82) is 0 Å². The molecule has 132 valence electrons. The molecule has 0 bridgehead atoms. The van der Waals surface area contributed by atoms with Crippen molar-refractivity contribution in [3.63, 3.8) is 0 Å². The Morgan fingerprint density at radius 2 is 2.28 bits per heavy atom. The summed E-state index contributed by atoms with van der Waals surface area (Å²) in [7, 11) is 0. The van der Waals surface area contributed by atoms with Gasteiger partial charge >= 0.3 is 5.69 Å². The number of nitrogens with zero attached hydrogens (tertiary/aromatic N) is 2. The number of hydrazone groups is 1. The number of thioether (sulfide) groups is 1. The lowest BCUT2D eigenvalue weighted by atomic mass is 10.2. The summed E-state index contributed by atoms with van der Waals surface area (Å²) >= 11 is 0.891. The molecule has 0 atom stereocenters. The van der Waals surface area contributed by atoms with Gasteiger partial charge in [-0.3, -0.25) is 14.6 Å². The zero-order chi connectivity index (χ0) is 18.1. The van der Waals surface area contributed by atoms with E-state index in [1.54, 1.807) is 0 Å². The number of carbonyl (C=O) groups excluding carboxylic acids is 1. The zero-order valence-corrected chi connectivity index (χ0v) is 14.3. The number of carbonyl (C=O) groups is 1. The largest absolute Gasteiger partial charge is 0.494 e. The van der Waals surface area contributed by atoms with Crippen LogP contribution in [0.1, 0.15) is 18.9 Å². The fourth-order valence-corrected chi connectivity index (χ4v) is 2.31. The smallest absolute Gasteiger partial charge is 0.342 e. The van der Waals surface area contributed by atoms with Gasteiger partial charge in [0, 0.05) is 0 Å². The Bertz CT molecular complexity index is 861. The number of amides is 1. The van der Waals surface area contributed by atoms with E-state index >= 15 is 0 Å². The highest BCUT2D eigenvalue weighted by Crippen LogP contribution is 2.12. The summed E-state index contributed by atoms with van der Waals surface area (Å²) in [5, 5.41) is 9.51. The van der Waals surface area contributed by atoms with Gasteiger partial charge in [0.25, 0.3) is 5.56 Å². The number of hydrogen-bond acceptors (Lipinski definition) is 7. The summed E-state index contributed by atoms with van der Waals surface area (Å²) in [6, 6.07) is 7.31. The fourth-order valence-electron chi connectivity index (χ4n) is 1.68. The van der Waals surface area contributed by atoms with Crippen molar-refractivity contribution in [1.82, 2.24) is 20.6 Å². The Kier molecular flexibility index (Phi) is 6.96.